The summed E-state index contributed by atoms with van der Waals surface area (Å²) in [6.45, 7) is 11.6. The molecule has 4 nitrogen and oxygen atoms in total. The van der Waals surface area contributed by atoms with Crippen molar-refractivity contribution in [3.05, 3.63) is 0 Å². The van der Waals surface area contributed by atoms with E-state index < -0.39 is 0 Å². The molecule has 0 saturated carbocycles. The van der Waals surface area contributed by atoms with Crippen LogP contribution in [0.5, 0.6) is 0 Å². The lowest BCUT2D eigenvalue weighted by Gasteiger charge is -2.24. The minimum absolute atomic E-state index is 0.221. The molecule has 2 atom stereocenters. The van der Waals surface area contributed by atoms with E-state index in [9.17, 15) is 4.79 Å². The summed E-state index contributed by atoms with van der Waals surface area (Å²) >= 11 is 0. The maximum absolute atomic E-state index is 11.4. The Morgan fingerprint density at radius 1 is 1.41 bits per heavy atom. The number of rotatable bonds is 6. The van der Waals surface area contributed by atoms with Crippen LogP contribution in [0.3, 0.4) is 0 Å². The van der Waals surface area contributed by atoms with Gasteiger partial charge in [0.15, 0.2) is 0 Å². The monoisotopic (exact) mass is 241 g/mol. The minimum Gasteiger partial charge on any atom is -0.368 e. The Bertz CT molecular complexity index is 253. The van der Waals surface area contributed by atoms with E-state index in [0.29, 0.717) is 0 Å². The molecule has 100 valence electrons. The van der Waals surface area contributed by atoms with Crippen molar-refractivity contribution >= 4 is 5.91 Å². The summed E-state index contributed by atoms with van der Waals surface area (Å²) in [6.07, 6.45) is 1.24. The largest absolute Gasteiger partial charge is 0.368 e. The molecular weight excluding hydrogens is 214 g/mol. The Labute approximate surface area is 105 Å². The van der Waals surface area contributed by atoms with Crippen molar-refractivity contribution in [1.29, 1.82) is 0 Å². The number of likely N-dealkylation sites (tertiary alicyclic amines) is 1. The van der Waals surface area contributed by atoms with Gasteiger partial charge in [0.2, 0.25) is 5.91 Å². The van der Waals surface area contributed by atoms with Crippen molar-refractivity contribution in [1.82, 2.24) is 10.2 Å². The van der Waals surface area contributed by atoms with Crippen LogP contribution in [0, 0.1) is 11.8 Å². The van der Waals surface area contributed by atoms with E-state index in [1.165, 1.54) is 6.42 Å². The zero-order chi connectivity index (χ0) is 13.0. The molecular formula is C13H27N3O. The summed E-state index contributed by atoms with van der Waals surface area (Å²) in [6, 6.07) is 0.0666. The van der Waals surface area contributed by atoms with E-state index in [4.69, 9.17) is 5.73 Å². The molecule has 0 aromatic rings. The van der Waals surface area contributed by atoms with Crippen molar-refractivity contribution in [3.8, 4) is 0 Å². The van der Waals surface area contributed by atoms with Gasteiger partial charge in [-0.2, -0.15) is 0 Å². The van der Waals surface area contributed by atoms with Crippen LogP contribution in [0.2, 0.25) is 0 Å². The lowest BCUT2D eigenvalue weighted by Crippen LogP contribution is -2.51. The molecule has 3 N–H and O–H groups in total. The fourth-order valence-corrected chi connectivity index (χ4v) is 2.46. The SMILES string of the molecule is CC(C)NC(CN1CCC(C(C)C)C1)C(N)=O. The van der Waals surface area contributed by atoms with Gasteiger partial charge in [0.05, 0.1) is 6.04 Å². The highest BCUT2D eigenvalue weighted by atomic mass is 16.1. The number of carbonyl (C=O) groups is 1. The second kappa shape index (κ2) is 6.36. The average Bonchev–Trinajstić information content (AvgIpc) is 2.64. The van der Waals surface area contributed by atoms with Gasteiger partial charge < -0.3 is 16.0 Å². The second-order valence-electron chi connectivity index (χ2n) is 5.83. The number of amides is 1. The number of hydrogen-bond donors (Lipinski definition) is 2. The number of hydrogen-bond acceptors (Lipinski definition) is 3. The van der Waals surface area contributed by atoms with Crippen molar-refractivity contribution in [2.45, 2.75) is 46.2 Å². The van der Waals surface area contributed by atoms with E-state index in [-0.39, 0.29) is 18.0 Å². The molecule has 1 saturated heterocycles. The summed E-state index contributed by atoms with van der Waals surface area (Å²) in [5.41, 5.74) is 5.43. The van der Waals surface area contributed by atoms with E-state index in [0.717, 1.165) is 31.5 Å². The van der Waals surface area contributed by atoms with Crippen LogP contribution >= 0.6 is 0 Å². The van der Waals surface area contributed by atoms with E-state index in [2.05, 4.69) is 24.1 Å². The van der Waals surface area contributed by atoms with E-state index in [1.54, 1.807) is 0 Å². The molecule has 0 spiro atoms. The van der Waals surface area contributed by atoms with E-state index in [1.807, 2.05) is 13.8 Å². The molecule has 1 rings (SSSR count). The Morgan fingerprint density at radius 2 is 2.06 bits per heavy atom. The van der Waals surface area contributed by atoms with Crippen LogP contribution in [-0.2, 0) is 4.79 Å². The zero-order valence-electron chi connectivity index (χ0n) is 11.6. The third-order valence-corrected chi connectivity index (χ3v) is 3.57. The fraction of sp³-hybridized carbons (Fsp3) is 0.923. The zero-order valence-corrected chi connectivity index (χ0v) is 11.6. The number of carbonyl (C=O) groups excluding carboxylic acids is 1. The van der Waals surface area contributed by atoms with Gasteiger partial charge in [0.25, 0.3) is 0 Å². The van der Waals surface area contributed by atoms with Crippen LogP contribution in [-0.4, -0.2) is 42.5 Å². The van der Waals surface area contributed by atoms with Gasteiger partial charge in [0, 0.05) is 19.1 Å². The van der Waals surface area contributed by atoms with Crippen molar-refractivity contribution in [2.75, 3.05) is 19.6 Å². The molecule has 4 heteroatoms. The van der Waals surface area contributed by atoms with Crippen molar-refractivity contribution in [3.63, 3.8) is 0 Å². The summed E-state index contributed by atoms with van der Waals surface area (Å²) < 4.78 is 0. The molecule has 0 aliphatic carbocycles. The number of primary amides is 1. The first kappa shape index (κ1) is 14.5. The highest BCUT2D eigenvalue weighted by molar-refractivity contribution is 5.80. The molecule has 0 bridgehead atoms. The number of nitrogens with one attached hydrogen (secondary N) is 1. The van der Waals surface area contributed by atoms with Gasteiger partial charge in [0.1, 0.15) is 0 Å². The first-order valence-electron chi connectivity index (χ1n) is 6.67. The van der Waals surface area contributed by atoms with Crippen LogP contribution < -0.4 is 11.1 Å². The van der Waals surface area contributed by atoms with Gasteiger partial charge in [-0.1, -0.05) is 27.7 Å². The van der Waals surface area contributed by atoms with Gasteiger partial charge in [-0.05, 0) is 24.8 Å². The predicted octanol–water partition coefficient (Wildman–Crippen LogP) is 0.816. The molecule has 1 aliphatic heterocycles. The first-order chi connectivity index (χ1) is 7.90. The molecule has 1 fully saturated rings. The minimum atomic E-state index is -0.244. The Morgan fingerprint density at radius 3 is 2.47 bits per heavy atom. The normalized spacial score (nSPS) is 23.5. The molecule has 0 aromatic carbocycles. The maximum atomic E-state index is 11.4. The van der Waals surface area contributed by atoms with Gasteiger partial charge >= 0.3 is 0 Å². The average molecular weight is 241 g/mol. The Hall–Kier alpha value is -0.610. The molecule has 2 unspecified atom stereocenters. The lowest BCUT2D eigenvalue weighted by molar-refractivity contribution is -0.120. The van der Waals surface area contributed by atoms with Crippen LogP contribution in [0.1, 0.15) is 34.1 Å². The first-order valence-corrected chi connectivity index (χ1v) is 6.67. The van der Waals surface area contributed by atoms with Crippen molar-refractivity contribution in [2.24, 2.45) is 17.6 Å². The summed E-state index contributed by atoms with van der Waals surface area (Å²) in [5.74, 6) is 1.25. The standard InChI is InChI=1S/C13H27N3O/c1-9(2)11-5-6-16(7-11)8-12(13(14)17)15-10(3)4/h9-12,15H,5-8H2,1-4H3,(H2,14,17). The lowest BCUT2D eigenvalue weighted by atomic mass is 9.95. The molecule has 0 radical (unpaired) electrons. The highest BCUT2D eigenvalue weighted by Crippen LogP contribution is 2.23. The van der Waals surface area contributed by atoms with Crippen LogP contribution in [0.15, 0.2) is 0 Å². The fourth-order valence-electron chi connectivity index (χ4n) is 2.46. The Balaban J connectivity index is 2.43. The van der Waals surface area contributed by atoms with Crippen molar-refractivity contribution < 1.29 is 4.79 Å². The Kier molecular flexibility index (Phi) is 5.40. The summed E-state index contributed by atoms with van der Waals surface area (Å²) in [4.78, 5) is 13.7. The smallest absolute Gasteiger partial charge is 0.235 e. The maximum Gasteiger partial charge on any atom is 0.235 e. The quantitative estimate of drug-likeness (QED) is 0.724. The summed E-state index contributed by atoms with van der Waals surface area (Å²) in [7, 11) is 0. The van der Waals surface area contributed by atoms with Gasteiger partial charge in [-0.25, -0.2) is 0 Å². The molecule has 1 amide bonds. The third-order valence-electron chi connectivity index (χ3n) is 3.57. The van der Waals surface area contributed by atoms with Gasteiger partial charge in [-0.3, -0.25) is 4.79 Å². The predicted molar refractivity (Wildman–Crippen MR) is 70.6 cm³/mol. The number of nitrogens with two attached hydrogens (primary N) is 1. The van der Waals surface area contributed by atoms with Crippen LogP contribution in [0.25, 0.3) is 0 Å². The third kappa shape index (κ3) is 4.64. The van der Waals surface area contributed by atoms with Crippen LogP contribution in [0.4, 0.5) is 0 Å². The second-order valence-corrected chi connectivity index (χ2v) is 5.83. The molecule has 1 aliphatic rings. The number of nitrogens with zero attached hydrogens (tertiary/aromatic N) is 1. The molecule has 1 heterocycles. The highest BCUT2D eigenvalue weighted by Gasteiger charge is 2.28. The molecule has 0 aromatic heterocycles. The summed E-state index contributed by atoms with van der Waals surface area (Å²) in [5, 5.41) is 3.23. The van der Waals surface area contributed by atoms with Gasteiger partial charge in [-0.15, -0.1) is 0 Å². The topological polar surface area (TPSA) is 58.4 Å². The van der Waals surface area contributed by atoms with E-state index >= 15 is 0 Å². The molecule has 17 heavy (non-hydrogen) atoms.